The first-order chi connectivity index (χ1) is 8.55. The topological polar surface area (TPSA) is 43.4 Å². The smallest absolute Gasteiger partial charge is 0.144 e. The Morgan fingerprint density at radius 3 is 2.32 bits per heavy atom. The maximum atomic E-state index is 12.3. The van der Waals surface area contributed by atoms with Crippen molar-refractivity contribution in [3.8, 4) is 0 Å². The van der Waals surface area contributed by atoms with Crippen molar-refractivity contribution >= 4 is 11.6 Å². The van der Waals surface area contributed by atoms with Gasteiger partial charge >= 0.3 is 0 Å². The zero-order valence-electron chi connectivity index (χ0n) is 13.0. The third-order valence-electron chi connectivity index (χ3n) is 4.28. The lowest BCUT2D eigenvalue weighted by Gasteiger charge is -2.51. The Kier molecular flexibility index (Phi) is 4.28. The van der Waals surface area contributed by atoms with Crippen molar-refractivity contribution in [1.82, 2.24) is 0 Å². The highest BCUT2D eigenvalue weighted by Gasteiger charge is 2.56. The van der Waals surface area contributed by atoms with Crippen LogP contribution in [0.1, 0.15) is 48.0 Å². The number of Topliss-reactive ketones (excluding diaryl/α,β-unsaturated/α-hetero) is 2. The summed E-state index contributed by atoms with van der Waals surface area (Å²) >= 11 is 0. The van der Waals surface area contributed by atoms with E-state index in [1.807, 2.05) is 20.8 Å². The van der Waals surface area contributed by atoms with Gasteiger partial charge in [0.05, 0.1) is 18.3 Å². The summed E-state index contributed by atoms with van der Waals surface area (Å²) < 4.78 is 5.60. The first kappa shape index (κ1) is 15.9. The minimum absolute atomic E-state index is 0.00782. The van der Waals surface area contributed by atoms with Crippen LogP contribution in [-0.2, 0) is 14.3 Å². The summed E-state index contributed by atoms with van der Waals surface area (Å²) in [6.07, 6.45) is 0.400. The highest BCUT2D eigenvalue weighted by molar-refractivity contribution is 6.03. The molecule has 3 heteroatoms. The third-order valence-corrected chi connectivity index (χ3v) is 4.28. The van der Waals surface area contributed by atoms with Gasteiger partial charge in [-0.3, -0.25) is 9.59 Å². The zero-order valence-corrected chi connectivity index (χ0v) is 13.0. The Morgan fingerprint density at radius 1 is 1.37 bits per heavy atom. The molecule has 3 nitrogen and oxygen atoms in total. The summed E-state index contributed by atoms with van der Waals surface area (Å²) in [5, 5.41) is 0. The molecular formula is C16H26O3. The molecule has 0 N–H and O–H groups in total. The van der Waals surface area contributed by atoms with Crippen LogP contribution in [0, 0.1) is 22.7 Å². The van der Waals surface area contributed by atoms with Crippen LogP contribution in [0.3, 0.4) is 0 Å². The van der Waals surface area contributed by atoms with Crippen LogP contribution in [0.25, 0.3) is 0 Å². The van der Waals surface area contributed by atoms with E-state index >= 15 is 0 Å². The second kappa shape index (κ2) is 5.10. The largest absolute Gasteiger partial charge is 0.499 e. The summed E-state index contributed by atoms with van der Waals surface area (Å²) in [5.74, 6) is 0.119. The number of ether oxygens (including phenoxy) is 1. The van der Waals surface area contributed by atoms with Gasteiger partial charge in [0.15, 0.2) is 0 Å². The van der Waals surface area contributed by atoms with Crippen molar-refractivity contribution in [3.63, 3.8) is 0 Å². The number of hydrogen-bond acceptors (Lipinski definition) is 3. The first-order valence-electron chi connectivity index (χ1n) is 6.90. The van der Waals surface area contributed by atoms with E-state index in [1.165, 1.54) is 6.92 Å². The molecule has 0 aromatic rings. The summed E-state index contributed by atoms with van der Waals surface area (Å²) in [6.45, 7) is 16.1. The van der Waals surface area contributed by atoms with Gasteiger partial charge in [0, 0.05) is 12.3 Å². The van der Waals surface area contributed by atoms with Crippen molar-refractivity contribution in [1.29, 1.82) is 0 Å². The van der Waals surface area contributed by atoms with Crippen LogP contribution in [0.5, 0.6) is 0 Å². The van der Waals surface area contributed by atoms with Gasteiger partial charge in [-0.25, -0.2) is 0 Å². The monoisotopic (exact) mass is 266 g/mol. The average molecular weight is 266 g/mol. The van der Waals surface area contributed by atoms with E-state index in [2.05, 4.69) is 20.4 Å². The number of rotatable bonds is 4. The minimum atomic E-state index is -0.553. The summed E-state index contributed by atoms with van der Waals surface area (Å²) in [6, 6.07) is 0. The van der Waals surface area contributed by atoms with E-state index in [4.69, 9.17) is 4.74 Å². The number of carbonyl (C=O) groups is 2. The Labute approximate surface area is 116 Å². The fraction of sp³-hybridized carbons (Fsp3) is 0.750. The van der Waals surface area contributed by atoms with Gasteiger partial charge in [0.25, 0.3) is 0 Å². The van der Waals surface area contributed by atoms with E-state index < -0.39 is 11.3 Å². The van der Waals surface area contributed by atoms with Gasteiger partial charge in [0.2, 0.25) is 0 Å². The lowest BCUT2D eigenvalue weighted by molar-refractivity contribution is -0.149. The molecule has 2 atom stereocenters. The van der Waals surface area contributed by atoms with Crippen LogP contribution >= 0.6 is 0 Å². The van der Waals surface area contributed by atoms with Crippen molar-refractivity contribution in [2.24, 2.45) is 22.7 Å². The predicted octanol–water partition coefficient (Wildman–Crippen LogP) is 3.38. The number of carbonyl (C=O) groups excluding carboxylic acids is 2. The Bertz CT molecular complexity index is 404. The molecular weight excluding hydrogens is 240 g/mol. The van der Waals surface area contributed by atoms with E-state index in [1.54, 1.807) is 0 Å². The molecule has 1 aliphatic carbocycles. The molecule has 0 aromatic carbocycles. The maximum absolute atomic E-state index is 12.3. The molecule has 0 radical (unpaired) electrons. The summed E-state index contributed by atoms with van der Waals surface area (Å²) in [7, 11) is 0. The Hall–Kier alpha value is -1.12. The predicted molar refractivity (Wildman–Crippen MR) is 75.6 cm³/mol. The van der Waals surface area contributed by atoms with Gasteiger partial charge in [-0.05, 0) is 24.7 Å². The van der Waals surface area contributed by atoms with Crippen LogP contribution in [-0.4, -0.2) is 18.2 Å². The molecule has 2 unspecified atom stereocenters. The third kappa shape index (κ3) is 2.75. The van der Waals surface area contributed by atoms with Gasteiger partial charge in [-0.15, -0.1) is 0 Å². The zero-order chi connectivity index (χ0) is 15.0. The van der Waals surface area contributed by atoms with Gasteiger partial charge in [0.1, 0.15) is 11.6 Å². The van der Waals surface area contributed by atoms with E-state index in [0.29, 0.717) is 18.8 Å². The Balaban J connectivity index is 3.27. The van der Waals surface area contributed by atoms with Gasteiger partial charge < -0.3 is 4.74 Å². The minimum Gasteiger partial charge on any atom is -0.499 e. The molecule has 0 heterocycles. The van der Waals surface area contributed by atoms with Crippen molar-refractivity contribution in [2.75, 3.05) is 6.61 Å². The summed E-state index contributed by atoms with van der Waals surface area (Å²) in [5.41, 5.74) is -0.699. The van der Waals surface area contributed by atoms with Crippen molar-refractivity contribution in [2.45, 2.75) is 48.0 Å². The van der Waals surface area contributed by atoms with Crippen LogP contribution in [0.15, 0.2) is 12.3 Å². The highest BCUT2D eigenvalue weighted by atomic mass is 16.5. The Morgan fingerprint density at radius 2 is 1.89 bits per heavy atom. The number of ketones is 2. The second-order valence-corrected chi connectivity index (χ2v) is 6.83. The molecule has 19 heavy (non-hydrogen) atoms. The molecule has 1 aliphatic rings. The van der Waals surface area contributed by atoms with E-state index in [0.717, 1.165) is 0 Å². The SMILES string of the molecule is C=C(OCC)C1C(C)(C)CC(=O)C(C(C)=O)C1(C)C. The normalized spacial score (nSPS) is 28.8. The highest BCUT2D eigenvalue weighted by Crippen LogP contribution is 2.55. The first-order valence-corrected chi connectivity index (χ1v) is 6.90. The van der Waals surface area contributed by atoms with Crippen molar-refractivity contribution in [3.05, 3.63) is 12.3 Å². The van der Waals surface area contributed by atoms with Gasteiger partial charge in [-0.1, -0.05) is 34.3 Å². The van der Waals surface area contributed by atoms with Crippen LogP contribution in [0.2, 0.25) is 0 Å². The van der Waals surface area contributed by atoms with E-state index in [-0.39, 0.29) is 22.9 Å². The molecule has 0 saturated heterocycles. The average Bonchev–Trinajstić information content (AvgIpc) is 2.11. The van der Waals surface area contributed by atoms with Crippen LogP contribution < -0.4 is 0 Å². The molecule has 1 rings (SSSR count). The lowest BCUT2D eigenvalue weighted by Crippen LogP contribution is -2.53. The number of hydrogen-bond donors (Lipinski definition) is 0. The summed E-state index contributed by atoms with van der Waals surface area (Å²) in [4.78, 5) is 24.2. The van der Waals surface area contributed by atoms with E-state index in [9.17, 15) is 9.59 Å². The molecule has 108 valence electrons. The maximum Gasteiger partial charge on any atom is 0.144 e. The quantitative estimate of drug-likeness (QED) is 0.578. The molecule has 0 amide bonds. The standard InChI is InChI=1S/C16H26O3/c1-8-19-11(3)14-15(4,5)9-12(18)13(10(2)17)16(14,6)7/h13-14H,3,8-9H2,1-2,4-7H3. The molecule has 0 bridgehead atoms. The molecule has 1 saturated carbocycles. The number of allylic oxidation sites excluding steroid dienone is 1. The van der Waals surface area contributed by atoms with Crippen molar-refractivity contribution < 1.29 is 14.3 Å². The molecule has 0 aliphatic heterocycles. The second-order valence-electron chi connectivity index (χ2n) is 6.83. The van der Waals surface area contributed by atoms with Crippen LogP contribution in [0.4, 0.5) is 0 Å². The molecule has 1 fully saturated rings. The fourth-order valence-electron chi connectivity index (χ4n) is 4.11. The van der Waals surface area contributed by atoms with Gasteiger partial charge in [-0.2, -0.15) is 0 Å². The molecule has 0 aromatic heterocycles. The lowest BCUT2D eigenvalue weighted by atomic mass is 9.51. The molecule has 0 spiro atoms. The fourth-order valence-corrected chi connectivity index (χ4v) is 4.11.